The summed E-state index contributed by atoms with van der Waals surface area (Å²) < 4.78 is 4.46. The van der Waals surface area contributed by atoms with Crippen LogP contribution in [0.4, 0.5) is 5.82 Å². The van der Waals surface area contributed by atoms with Crippen molar-refractivity contribution < 1.29 is 14.6 Å². The number of methoxy groups -OCH3 is 1. The van der Waals surface area contributed by atoms with Gasteiger partial charge in [0.1, 0.15) is 5.82 Å². The van der Waals surface area contributed by atoms with Gasteiger partial charge in [-0.15, -0.1) is 0 Å². The highest BCUT2D eigenvalue weighted by Gasteiger charge is 2.18. The summed E-state index contributed by atoms with van der Waals surface area (Å²) in [5, 5.41) is 9.56. The van der Waals surface area contributed by atoms with Gasteiger partial charge in [-0.05, 0) is 11.6 Å². The molecule has 1 N–H and O–H groups in total. The molecule has 0 aliphatic carbocycles. The van der Waals surface area contributed by atoms with Crippen LogP contribution in [0.2, 0.25) is 0 Å². The normalized spacial score (nSPS) is 12.0. The minimum Gasteiger partial charge on any atom is -0.467 e. The Kier molecular flexibility index (Phi) is 4.25. The molecule has 5 heteroatoms. The number of aromatic nitrogens is 1. The van der Waals surface area contributed by atoms with Crippen LogP contribution in [-0.2, 0) is 16.0 Å². The molecule has 0 amide bonds. The van der Waals surface area contributed by atoms with Gasteiger partial charge in [0.15, 0.2) is 6.10 Å². The molecule has 88 valence electrons. The molecule has 0 saturated carbocycles. The Balaban J connectivity index is 2.84. The summed E-state index contributed by atoms with van der Waals surface area (Å²) in [7, 11) is 4.97. The summed E-state index contributed by atoms with van der Waals surface area (Å²) in [5.74, 6) is 0.110. The number of ether oxygens (including phenoxy) is 1. The predicted octanol–water partition coefficient (Wildman–Crippen LogP) is 0.224. The van der Waals surface area contributed by atoms with Crippen LogP contribution < -0.4 is 4.90 Å². The second-order valence-electron chi connectivity index (χ2n) is 3.62. The number of anilines is 1. The van der Waals surface area contributed by atoms with Crippen LogP contribution in [0.1, 0.15) is 5.56 Å². The number of aliphatic hydroxyl groups excluding tert-OH is 1. The Morgan fingerprint density at radius 1 is 1.62 bits per heavy atom. The van der Waals surface area contributed by atoms with Crippen LogP contribution >= 0.6 is 0 Å². The van der Waals surface area contributed by atoms with Crippen molar-refractivity contribution >= 4 is 11.8 Å². The maximum absolute atomic E-state index is 11.1. The number of rotatable bonds is 4. The summed E-state index contributed by atoms with van der Waals surface area (Å²) in [6.45, 7) is 0. The lowest BCUT2D eigenvalue weighted by molar-refractivity contribution is -0.150. The smallest absolute Gasteiger partial charge is 0.335 e. The van der Waals surface area contributed by atoms with Crippen LogP contribution in [0.15, 0.2) is 18.3 Å². The van der Waals surface area contributed by atoms with Crippen molar-refractivity contribution in [1.29, 1.82) is 0 Å². The van der Waals surface area contributed by atoms with Crippen molar-refractivity contribution in [3.8, 4) is 0 Å². The Bertz CT molecular complexity index is 366. The molecule has 0 spiro atoms. The van der Waals surface area contributed by atoms with Gasteiger partial charge < -0.3 is 14.7 Å². The third kappa shape index (κ3) is 2.93. The molecule has 1 aromatic heterocycles. The molecule has 1 aromatic rings. The van der Waals surface area contributed by atoms with Gasteiger partial charge in [-0.3, -0.25) is 0 Å². The SMILES string of the molecule is COC(=O)C(O)Cc1cccnc1N(C)C. The lowest BCUT2D eigenvalue weighted by Gasteiger charge is -2.17. The second kappa shape index (κ2) is 5.46. The number of aliphatic hydroxyl groups is 1. The summed E-state index contributed by atoms with van der Waals surface area (Å²) in [4.78, 5) is 17.1. The molecule has 1 heterocycles. The van der Waals surface area contributed by atoms with E-state index in [2.05, 4.69) is 9.72 Å². The second-order valence-corrected chi connectivity index (χ2v) is 3.62. The molecule has 0 aliphatic rings. The standard InChI is InChI=1S/C11H16N2O3/c1-13(2)10-8(5-4-6-12-10)7-9(14)11(15)16-3/h4-6,9,14H,7H2,1-3H3. The first-order valence-corrected chi connectivity index (χ1v) is 4.93. The maximum Gasteiger partial charge on any atom is 0.335 e. The molecule has 0 aromatic carbocycles. The molecule has 0 bridgehead atoms. The monoisotopic (exact) mass is 224 g/mol. The molecule has 16 heavy (non-hydrogen) atoms. The summed E-state index contributed by atoms with van der Waals surface area (Å²) in [6, 6.07) is 3.60. The Labute approximate surface area is 94.7 Å². The number of pyridine rings is 1. The number of hydrogen-bond acceptors (Lipinski definition) is 5. The highest BCUT2D eigenvalue weighted by Crippen LogP contribution is 2.16. The fraction of sp³-hybridized carbons (Fsp3) is 0.455. The molecular formula is C11H16N2O3. The number of carbonyl (C=O) groups is 1. The molecule has 5 nitrogen and oxygen atoms in total. The third-order valence-corrected chi connectivity index (χ3v) is 2.18. The highest BCUT2D eigenvalue weighted by atomic mass is 16.5. The molecule has 1 atom stereocenters. The van der Waals surface area contributed by atoms with Crippen LogP contribution in [0.5, 0.6) is 0 Å². The van der Waals surface area contributed by atoms with Crippen LogP contribution in [0.25, 0.3) is 0 Å². The summed E-state index contributed by atoms with van der Waals surface area (Å²) in [6.07, 6.45) is 0.727. The van der Waals surface area contributed by atoms with E-state index in [1.165, 1.54) is 7.11 Å². The molecule has 0 radical (unpaired) electrons. The average molecular weight is 224 g/mol. The van der Waals surface area contributed by atoms with E-state index in [9.17, 15) is 9.90 Å². The molecule has 1 rings (SSSR count). The van der Waals surface area contributed by atoms with Gasteiger partial charge in [0.2, 0.25) is 0 Å². The lowest BCUT2D eigenvalue weighted by atomic mass is 10.1. The zero-order valence-electron chi connectivity index (χ0n) is 9.67. The quantitative estimate of drug-likeness (QED) is 0.741. The van der Waals surface area contributed by atoms with Crippen molar-refractivity contribution in [3.63, 3.8) is 0 Å². The van der Waals surface area contributed by atoms with E-state index < -0.39 is 12.1 Å². The topological polar surface area (TPSA) is 62.7 Å². The van der Waals surface area contributed by atoms with E-state index in [0.29, 0.717) is 0 Å². The number of esters is 1. The molecule has 0 aliphatic heterocycles. The Morgan fingerprint density at radius 3 is 2.88 bits per heavy atom. The van der Waals surface area contributed by atoms with Crippen LogP contribution in [0.3, 0.4) is 0 Å². The van der Waals surface area contributed by atoms with Crippen molar-refractivity contribution in [2.45, 2.75) is 12.5 Å². The van der Waals surface area contributed by atoms with Crippen LogP contribution in [-0.4, -0.2) is 43.4 Å². The largest absolute Gasteiger partial charge is 0.467 e. The van der Waals surface area contributed by atoms with Gasteiger partial charge in [-0.25, -0.2) is 9.78 Å². The number of hydrogen-bond donors (Lipinski definition) is 1. The zero-order valence-corrected chi connectivity index (χ0v) is 9.67. The fourth-order valence-corrected chi connectivity index (χ4v) is 1.42. The van der Waals surface area contributed by atoms with Crippen molar-refractivity contribution in [2.24, 2.45) is 0 Å². The van der Waals surface area contributed by atoms with Crippen molar-refractivity contribution in [3.05, 3.63) is 23.9 Å². The molecule has 0 fully saturated rings. The first kappa shape index (κ1) is 12.4. The molecular weight excluding hydrogens is 208 g/mol. The van der Waals surface area contributed by atoms with Crippen molar-refractivity contribution in [1.82, 2.24) is 4.98 Å². The summed E-state index contributed by atoms with van der Waals surface area (Å²) >= 11 is 0. The number of carbonyl (C=O) groups excluding carboxylic acids is 1. The number of nitrogens with zero attached hydrogens (tertiary/aromatic N) is 2. The van der Waals surface area contributed by atoms with E-state index in [1.54, 1.807) is 12.3 Å². The van der Waals surface area contributed by atoms with E-state index in [-0.39, 0.29) is 6.42 Å². The predicted molar refractivity (Wildman–Crippen MR) is 60.3 cm³/mol. The minimum absolute atomic E-state index is 0.202. The Hall–Kier alpha value is -1.62. The lowest BCUT2D eigenvalue weighted by Crippen LogP contribution is -2.25. The Morgan fingerprint density at radius 2 is 2.31 bits per heavy atom. The van der Waals surface area contributed by atoms with Gasteiger partial charge in [0.05, 0.1) is 7.11 Å². The average Bonchev–Trinajstić information content (AvgIpc) is 2.28. The van der Waals surface area contributed by atoms with Gasteiger partial charge >= 0.3 is 5.97 Å². The zero-order chi connectivity index (χ0) is 12.1. The fourth-order valence-electron chi connectivity index (χ4n) is 1.42. The van der Waals surface area contributed by atoms with E-state index in [0.717, 1.165) is 11.4 Å². The van der Waals surface area contributed by atoms with Crippen LogP contribution in [0, 0.1) is 0 Å². The minimum atomic E-state index is -1.15. The van der Waals surface area contributed by atoms with Gasteiger partial charge in [0.25, 0.3) is 0 Å². The van der Waals surface area contributed by atoms with E-state index in [1.807, 2.05) is 25.1 Å². The van der Waals surface area contributed by atoms with Gasteiger partial charge in [0, 0.05) is 26.7 Å². The van der Waals surface area contributed by atoms with E-state index >= 15 is 0 Å². The highest BCUT2D eigenvalue weighted by molar-refractivity contribution is 5.74. The van der Waals surface area contributed by atoms with Crippen molar-refractivity contribution in [2.75, 3.05) is 26.1 Å². The maximum atomic E-state index is 11.1. The van der Waals surface area contributed by atoms with E-state index in [4.69, 9.17) is 0 Å². The molecule has 0 saturated heterocycles. The summed E-state index contributed by atoms with van der Waals surface area (Å²) in [5.41, 5.74) is 0.811. The third-order valence-electron chi connectivity index (χ3n) is 2.18. The molecule has 1 unspecified atom stereocenters. The first-order valence-electron chi connectivity index (χ1n) is 4.93. The van der Waals surface area contributed by atoms with Gasteiger partial charge in [-0.1, -0.05) is 6.07 Å². The first-order chi connectivity index (χ1) is 7.56. The van der Waals surface area contributed by atoms with Gasteiger partial charge in [-0.2, -0.15) is 0 Å².